The van der Waals surface area contributed by atoms with Crippen molar-refractivity contribution in [1.82, 2.24) is 15.1 Å². The molecular formula is C14H27N3O3. The molecule has 1 saturated heterocycles. The first-order chi connectivity index (χ1) is 9.38. The van der Waals surface area contributed by atoms with Crippen LogP contribution in [0.4, 0.5) is 4.79 Å². The third-order valence-electron chi connectivity index (χ3n) is 4.09. The van der Waals surface area contributed by atoms with Crippen molar-refractivity contribution in [3.05, 3.63) is 0 Å². The van der Waals surface area contributed by atoms with E-state index in [0.29, 0.717) is 13.1 Å². The summed E-state index contributed by atoms with van der Waals surface area (Å²) in [5.41, 5.74) is 0. The number of carboxylic acid groups (broad SMARTS) is 1. The van der Waals surface area contributed by atoms with Crippen molar-refractivity contribution in [3.8, 4) is 0 Å². The van der Waals surface area contributed by atoms with E-state index in [0.717, 1.165) is 19.6 Å². The summed E-state index contributed by atoms with van der Waals surface area (Å²) in [7, 11) is 0. The second-order valence-electron chi connectivity index (χ2n) is 5.63. The minimum atomic E-state index is -0.787. The number of carbonyl (C=O) groups is 2. The number of urea groups is 1. The molecule has 0 aromatic heterocycles. The van der Waals surface area contributed by atoms with Crippen molar-refractivity contribution in [3.63, 3.8) is 0 Å². The van der Waals surface area contributed by atoms with Crippen molar-refractivity contribution in [2.24, 2.45) is 11.8 Å². The summed E-state index contributed by atoms with van der Waals surface area (Å²) in [5.74, 6) is -1.09. The Kier molecular flexibility index (Phi) is 6.26. The van der Waals surface area contributed by atoms with E-state index in [9.17, 15) is 9.59 Å². The van der Waals surface area contributed by atoms with Crippen LogP contribution in [0.2, 0.25) is 0 Å². The lowest BCUT2D eigenvalue weighted by Gasteiger charge is -2.41. The second kappa shape index (κ2) is 7.47. The van der Waals surface area contributed by atoms with Gasteiger partial charge in [-0.3, -0.25) is 4.79 Å². The molecule has 1 aliphatic heterocycles. The van der Waals surface area contributed by atoms with Crippen molar-refractivity contribution in [2.75, 3.05) is 32.7 Å². The summed E-state index contributed by atoms with van der Waals surface area (Å²) >= 11 is 0. The third kappa shape index (κ3) is 4.37. The van der Waals surface area contributed by atoms with Crippen LogP contribution in [0.1, 0.15) is 27.7 Å². The molecule has 0 aliphatic carbocycles. The van der Waals surface area contributed by atoms with Gasteiger partial charge in [-0.1, -0.05) is 20.8 Å². The van der Waals surface area contributed by atoms with Crippen molar-refractivity contribution < 1.29 is 14.7 Å². The molecule has 0 saturated carbocycles. The Balaban J connectivity index is 2.30. The highest BCUT2D eigenvalue weighted by Crippen LogP contribution is 2.23. The maximum absolute atomic E-state index is 12.0. The van der Waals surface area contributed by atoms with Gasteiger partial charge in [-0.25, -0.2) is 4.79 Å². The van der Waals surface area contributed by atoms with Gasteiger partial charge in [0.1, 0.15) is 0 Å². The Morgan fingerprint density at radius 1 is 1.30 bits per heavy atom. The molecule has 2 atom stereocenters. The van der Waals surface area contributed by atoms with Crippen LogP contribution in [0.5, 0.6) is 0 Å². The van der Waals surface area contributed by atoms with Crippen LogP contribution in [-0.2, 0) is 4.79 Å². The van der Waals surface area contributed by atoms with Crippen LogP contribution in [0.25, 0.3) is 0 Å². The second-order valence-corrected chi connectivity index (χ2v) is 5.63. The van der Waals surface area contributed by atoms with Crippen LogP contribution in [0.15, 0.2) is 0 Å². The van der Waals surface area contributed by atoms with E-state index in [1.165, 1.54) is 0 Å². The molecule has 6 nitrogen and oxygen atoms in total. The minimum Gasteiger partial charge on any atom is -0.481 e. The van der Waals surface area contributed by atoms with E-state index < -0.39 is 5.97 Å². The van der Waals surface area contributed by atoms with Gasteiger partial charge in [0.2, 0.25) is 0 Å². The standard InChI is InChI=1S/C14H27N3O3/c1-5-16(6-2)7-10(3)15-14(20)17-8-12(9-17)11(4)13(18)19/h10-12H,5-9H2,1-4H3,(H,15,20)(H,18,19). The molecule has 1 rings (SSSR count). The van der Waals surface area contributed by atoms with Crippen molar-refractivity contribution in [2.45, 2.75) is 33.7 Å². The minimum absolute atomic E-state index is 0.0799. The van der Waals surface area contributed by atoms with Gasteiger partial charge in [0.25, 0.3) is 0 Å². The van der Waals surface area contributed by atoms with Crippen LogP contribution < -0.4 is 5.32 Å². The zero-order chi connectivity index (χ0) is 15.3. The summed E-state index contributed by atoms with van der Waals surface area (Å²) < 4.78 is 0. The average molecular weight is 285 g/mol. The van der Waals surface area contributed by atoms with Gasteiger partial charge in [0.15, 0.2) is 0 Å². The maximum Gasteiger partial charge on any atom is 0.317 e. The molecular weight excluding hydrogens is 258 g/mol. The maximum atomic E-state index is 12.0. The number of carboxylic acids is 1. The highest BCUT2D eigenvalue weighted by molar-refractivity contribution is 5.76. The first kappa shape index (κ1) is 16.8. The SMILES string of the molecule is CCN(CC)CC(C)NC(=O)N1CC(C(C)C(=O)O)C1. The van der Waals surface area contributed by atoms with Crippen LogP contribution >= 0.6 is 0 Å². The Labute approximate surface area is 121 Å². The lowest BCUT2D eigenvalue weighted by atomic mass is 9.87. The number of likely N-dealkylation sites (tertiary alicyclic amines) is 1. The normalized spacial score (nSPS) is 18.6. The molecule has 20 heavy (non-hydrogen) atoms. The molecule has 0 spiro atoms. The molecule has 0 aromatic rings. The molecule has 0 radical (unpaired) electrons. The van der Waals surface area contributed by atoms with Gasteiger partial charge in [-0.05, 0) is 20.0 Å². The van der Waals surface area contributed by atoms with E-state index in [-0.39, 0.29) is 23.9 Å². The summed E-state index contributed by atoms with van der Waals surface area (Å²) in [4.78, 5) is 26.8. The van der Waals surface area contributed by atoms with E-state index in [1.54, 1.807) is 11.8 Å². The lowest BCUT2D eigenvalue weighted by molar-refractivity contribution is -0.144. The molecule has 116 valence electrons. The fourth-order valence-corrected chi connectivity index (χ4v) is 2.41. The quantitative estimate of drug-likeness (QED) is 0.734. The molecule has 1 heterocycles. The molecule has 2 N–H and O–H groups in total. The van der Waals surface area contributed by atoms with Gasteiger partial charge in [-0.2, -0.15) is 0 Å². The number of hydrogen-bond donors (Lipinski definition) is 2. The zero-order valence-corrected chi connectivity index (χ0v) is 12.9. The fraction of sp³-hybridized carbons (Fsp3) is 0.857. The Hall–Kier alpha value is -1.30. The first-order valence-electron chi connectivity index (χ1n) is 7.39. The lowest BCUT2D eigenvalue weighted by Crippen LogP contribution is -2.58. The number of aliphatic carboxylic acids is 1. The summed E-state index contributed by atoms with van der Waals surface area (Å²) in [6, 6.07) is 0.0110. The van der Waals surface area contributed by atoms with Crippen LogP contribution in [0, 0.1) is 11.8 Å². The topological polar surface area (TPSA) is 72.9 Å². The monoisotopic (exact) mass is 285 g/mol. The number of rotatable bonds is 7. The predicted octanol–water partition coefficient (Wildman–Crippen LogP) is 1.08. The van der Waals surface area contributed by atoms with Gasteiger partial charge in [0, 0.05) is 31.6 Å². The number of hydrogen-bond acceptors (Lipinski definition) is 3. The highest BCUT2D eigenvalue weighted by atomic mass is 16.4. The molecule has 0 aromatic carbocycles. The number of amides is 2. The van der Waals surface area contributed by atoms with Crippen LogP contribution in [0.3, 0.4) is 0 Å². The number of likely N-dealkylation sites (N-methyl/N-ethyl adjacent to an activating group) is 1. The Morgan fingerprint density at radius 3 is 2.30 bits per heavy atom. The summed E-state index contributed by atoms with van der Waals surface area (Å²) in [6.07, 6.45) is 0. The van der Waals surface area contributed by atoms with E-state index in [1.807, 2.05) is 6.92 Å². The number of nitrogens with zero attached hydrogens (tertiary/aromatic N) is 2. The molecule has 2 amide bonds. The van der Waals surface area contributed by atoms with Crippen LogP contribution in [-0.4, -0.2) is 65.7 Å². The molecule has 1 fully saturated rings. The zero-order valence-electron chi connectivity index (χ0n) is 12.9. The first-order valence-corrected chi connectivity index (χ1v) is 7.39. The molecule has 2 unspecified atom stereocenters. The van der Waals surface area contributed by atoms with Gasteiger partial charge in [0.05, 0.1) is 5.92 Å². The van der Waals surface area contributed by atoms with Crippen molar-refractivity contribution >= 4 is 12.0 Å². The third-order valence-corrected chi connectivity index (χ3v) is 4.09. The smallest absolute Gasteiger partial charge is 0.317 e. The number of carbonyl (C=O) groups excluding carboxylic acids is 1. The average Bonchev–Trinajstić information content (AvgIpc) is 2.33. The molecule has 1 aliphatic rings. The molecule has 6 heteroatoms. The van der Waals surface area contributed by atoms with E-state index >= 15 is 0 Å². The van der Waals surface area contributed by atoms with E-state index in [4.69, 9.17) is 5.11 Å². The summed E-state index contributed by atoms with van der Waals surface area (Å²) in [5, 5.41) is 11.9. The fourth-order valence-electron chi connectivity index (χ4n) is 2.41. The highest BCUT2D eigenvalue weighted by Gasteiger charge is 2.37. The Bertz CT molecular complexity index is 339. The van der Waals surface area contributed by atoms with E-state index in [2.05, 4.69) is 24.1 Å². The van der Waals surface area contributed by atoms with Crippen molar-refractivity contribution in [1.29, 1.82) is 0 Å². The van der Waals surface area contributed by atoms with Gasteiger partial charge < -0.3 is 20.2 Å². The number of nitrogens with one attached hydrogen (secondary N) is 1. The largest absolute Gasteiger partial charge is 0.481 e. The Morgan fingerprint density at radius 2 is 1.85 bits per heavy atom. The van der Waals surface area contributed by atoms with Gasteiger partial charge >= 0.3 is 12.0 Å². The summed E-state index contributed by atoms with van der Waals surface area (Å²) in [6.45, 7) is 11.8. The van der Waals surface area contributed by atoms with Gasteiger partial charge in [-0.15, -0.1) is 0 Å². The predicted molar refractivity (Wildman–Crippen MR) is 77.6 cm³/mol. The molecule has 0 bridgehead atoms.